The summed E-state index contributed by atoms with van der Waals surface area (Å²) < 4.78 is 2.18. The van der Waals surface area contributed by atoms with Gasteiger partial charge in [-0.25, -0.2) is 9.97 Å². The van der Waals surface area contributed by atoms with Crippen molar-refractivity contribution in [3.63, 3.8) is 0 Å². The molecule has 2 aromatic rings. The van der Waals surface area contributed by atoms with Gasteiger partial charge in [0.1, 0.15) is 5.82 Å². The van der Waals surface area contributed by atoms with Crippen molar-refractivity contribution in [3.05, 3.63) is 22.6 Å². The maximum absolute atomic E-state index is 4.63. The largest absolute Gasteiger partial charge is 0.329 e. The second kappa shape index (κ2) is 3.58. The minimum atomic E-state index is 0.430. The van der Waals surface area contributed by atoms with Crippen molar-refractivity contribution in [1.82, 2.24) is 14.5 Å². The molecule has 0 aromatic carbocycles. The summed E-state index contributed by atoms with van der Waals surface area (Å²) >= 11 is 0. The molecule has 0 atom stereocenters. The van der Waals surface area contributed by atoms with Crippen LogP contribution in [0.1, 0.15) is 42.4 Å². The Balaban J connectivity index is 2.88. The Hall–Kier alpha value is -1.38. The van der Waals surface area contributed by atoms with E-state index in [2.05, 4.69) is 49.3 Å². The first-order chi connectivity index (χ1) is 7.43. The van der Waals surface area contributed by atoms with Crippen molar-refractivity contribution in [2.24, 2.45) is 7.05 Å². The molecular weight excluding hydrogens is 198 g/mol. The molecule has 2 rings (SSSR count). The lowest BCUT2D eigenvalue weighted by molar-refractivity contribution is 0.721. The first-order valence-electron chi connectivity index (χ1n) is 5.73. The zero-order valence-corrected chi connectivity index (χ0v) is 10.9. The van der Waals surface area contributed by atoms with Gasteiger partial charge in [0.25, 0.3) is 0 Å². The van der Waals surface area contributed by atoms with Crippen LogP contribution >= 0.6 is 0 Å². The smallest absolute Gasteiger partial charge is 0.178 e. The van der Waals surface area contributed by atoms with Gasteiger partial charge in [-0.05, 0) is 31.9 Å². The highest BCUT2D eigenvalue weighted by atomic mass is 15.1. The molecule has 0 radical (unpaired) electrons. The average molecular weight is 217 g/mol. The lowest BCUT2D eigenvalue weighted by atomic mass is 10.1. The normalized spacial score (nSPS) is 11.7. The van der Waals surface area contributed by atoms with E-state index in [4.69, 9.17) is 0 Å². The lowest BCUT2D eigenvalue weighted by Crippen LogP contribution is -2.01. The summed E-state index contributed by atoms with van der Waals surface area (Å²) in [4.78, 5) is 9.19. The predicted octanol–water partition coefficient (Wildman–Crippen LogP) is 3.02. The molecule has 3 heteroatoms. The van der Waals surface area contributed by atoms with E-state index >= 15 is 0 Å². The summed E-state index contributed by atoms with van der Waals surface area (Å²) in [5, 5.41) is 0. The quantitative estimate of drug-likeness (QED) is 0.735. The zero-order valence-electron chi connectivity index (χ0n) is 10.9. The van der Waals surface area contributed by atoms with Crippen LogP contribution in [-0.2, 0) is 7.05 Å². The molecule has 86 valence electrons. The second-order valence-electron chi connectivity index (χ2n) is 4.80. The van der Waals surface area contributed by atoms with Gasteiger partial charge in [0.15, 0.2) is 5.65 Å². The predicted molar refractivity (Wildman–Crippen MR) is 66.8 cm³/mol. The van der Waals surface area contributed by atoms with Crippen LogP contribution in [0.25, 0.3) is 11.2 Å². The Kier molecular flexibility index (Phi) is 2.49. The van der Waals surface area contributed by atoms with E-state index in [0.717, 1.165) is 17.2 Å². The van der Waals surface area contributed by atoms with Crippen LogP contribution in [0.15, 0.2) is 0 Å². The fourth-order valence-electron chi connectivity index (χ4n) is 2.21. The molecule has 0 aliphatic heterocycles. The molecule has 0 aliphatic carbocycles. The van der Waals surface area contributed by atoms with Gasteiger partial charge in [0, 0.05) is 18.7 Å². The Morgan fingerprint density at radius 1 is 1.00 bits per heavy atom. The van der Waals surface area contributed by atoms with Gasteiger partial charge in [-0.2, -0.15) is 0 Å². The molecule has 0 spiro atoms. The summed E-state index contributed by atoms with van der Waals surface area (Å²) in [6, 6.07) is 0. The molecule has 16 heavy (non-hydrogen) atoms. The SMILES string of the molecule is Cc1nc2nc(C(C)C)n(C)c2c(C)c1C. The van der Waals surface area contributed by atoms with E-state index in [1.807, 2.05) is 6.92 Å². The van der Waals surface area contributed by atoms with Crippen LogP contribution in [-0.4, -0.2) is 14.5 Å². The molecule has 2 aromatic heterocycles. The van der Waals surface area contributed by atoms with Crippen molar-refractivity contribution in [1.29, 1.82) is 0 Å². The number of hydrogen-bond acceptors (Lipinski definition) is 2. The number of aromatic nitrogens is 3. The third-order valence-electron chi connectivity index (χ3n) is 3.36. The van der Waals surface area contributed by atoms with Crippen LogP contribution in [0.5, 0.6) is 0 Å². The molecule has 0 aliphatic rings. The number of hydrogen-bond donors (Lipinski definition) is 0. The zero-order chi connectivity index (χ0) is 12.0. The molecule has 0 unspecified atom stereocenters. The van der Waals surface area contributed by atoms with E-state index in [-0.39, 0.29) is 0 Å². The third kappa shape index (κ3) is 1.42. The van der Waals surface area contributed by atoms with Crippen molar-refractivity contribution < 1.29 is 0 Å². The first-order valence-corrected chi connectivity index (χ1v) is 5.73. The van der Waals surface area contributed by atoms with E-state index in [9.17, 15) is 0 Å². The summed E-state index contributed by atoms with van der Waals surface area (Å²) in [7, 11) is 2.08. The lowest BCUT2D eigenvalue weighted by Gasteiger charge is -2.08. The Bertz CT molecular complexity index is 550. The van der Waals surface area contributed by atoms with Gasteiger partial charge >= 0.3 is 0 Å². The van der Waals surface area contributed by atoms with Crippen LogP contribution < -0.4 is 0 Å². The molecule has 0 saturated carbocycles. The van der Waals surface area contributed by atoms with Crippen molar-refractivity contribution in [2.75, 3.05) is 0 Å². The minimum absolute atomic E-state index is 0.430. The molecule has 0 bridgehead atoms. The molecule has 2 heterocycles. The summed E-state index contributed by atoms with van der Waals surface area (Å²) in [5.41, 5.74) is 5.70. The number of fused-ring (bicyclic) bond motifs is 1. The summed E-state index contributed by atoms with van der Waals surface area (Å²) in [6.07, 6.45) is 0. The standard InChI is InChI=1S/C13H19N3/c1-7(2)13-15-12-11(16(13)6)9(4)8(3)10(5)14-12/h7H,1-6H3. The van der Waals surface area contributed by atoms with Gasteiger partial charge in [0.2, 0.25) is 0 Å². The molecule has 0 N–H and O–H groups in total. The van der Waals surface area contributed by atoms with Crippen molar-refractivity contribution in [2.45, 2.75) is 40.5 Å². The van der Waals surface area contributed by atoms with Crippen LogP contribution in [0.2, 0.25) is 0 Å². The van der Waals surface area contributed by atoms with Gasteiger partial charge in [-0.15, -0.1) is 0 Å². The van der Waals surface area contributed by atoms with Crippen LogP contribution in [0, 0.1) is 20.8 Å². The number of aryl methyl sites for hydroxylation is 3. The minimum Gasteiger partial charge on any atom is -0.329 e. The summed E-state index contributed by atoms with van der Waals surface area (Å²) in [6.45, 7) is 10.6. The molecule has 0 fully saturated rings. The van der Waals surface area contributed by atoms with Crippen LogP contribution in [0.3, 0.4) is 0 Å². The first kappa shape index (κ1) is 11.1. The highest BCUT2D eigenvalue weighted by Gasteiger charge is 2.15. The second-order valence-corrected chi connectivity index (χ2v) is 4.80. The third-order valence-corrected chi connectivity index (χ3v) is 3.36. The van der Waals surface area contributed by atoms with E-state index in [0.29, 0.717) is 5.92 Å². The fourth-order valence-corrected chi connectivity index (χ4v) is 2.21. The Morgan fingerprint density at radius 2 is 1.62 bits per heavy atom. The molecule has 0 saturated heterocycles. The Morgan fingerprint density at radius 3 is 2.19 bits per heavy atom. The summed E-state index contributed by atoms with van der Waals surface area (Å²) in [5.74, 6) is 1.54. The van der Waals surface area contributed by atoms with Crippen LogP contribution in [0.4, 0.5) is 0 Å². The van der Waals surface area contributed by atoms with Crippen molar-refractivity contribution in [3.8, 4) is 0 Å². The molecule has 0 amide bonds. The topological polar surface area (TPSA) is 30.7 Å². The van der Waals surface area contributed by atoms with Crippen molar-refractivity contribution >= 4 is 11.2 Å². The Labute approximate surface area is 96.5 Å². The highest BCUT2D eigenvalue weighted by molar-refractivity contribution is 5.77. The van der Waals surface area contributed by atoms with E-state index in [1.54, 1.807) is 0 Å². The number of imidazole rings is 1. The average Bonchev–Trinajstić information content (AvgIpc) is 2.52. The molecule has 3 nitrogen and oxygen atoms in total. The number of pyridine rings is 1. The maximum atomic E-state index is 4.63. The fraction of sp³-hybridized carbons (Fsp3) is 0.538. The van der Waals surface area contributed by atoms with Gasteiger partial charge < -0.3 is 4.57 Å². The van der Waals surface area contributed by atoms with Gasteiger partial charge in [0.05, 0.1) is 5.52 Å². The highest BCUT2D eigenvalue weighted by Crippen LogP contribution is 2.25. The van der Waals surface area contributed by atoms with E-state index in [1.165, 1.54) is 16.6 Å². The number of rotatable bonds is 1. The molecular formula is C13H19N3. The van der Waals surface area contributed by atoms with Gasteiger partial charge in [-0.3, -0.25) is 0 Å². The number of nitrogens with zero attached hydrogens (tertiary/aromatic N) is 3. The van der Waals surface area contributed by atoms with Gasteiger partial charge in [-0.1, -0.05) is 13.8 Å². The van der Waals surface area contributed by atoms with E-state index < -0.39 is 0 Å². The maximum Gasteiger partial charge on any atom is 0.178 e. The monoisotopic (exact) mass is 217 g/mol.